The lowest BCUT2D eigenvalue weighted by Crippen LogP contribution is -2.09. The molecule has 0 bridgehead atoms. The second kappa shape index (κ2) is 4.37. The molecule has 1 aromatic heterocycles. The van der Waals surface area contributed by atoms with E-state index in [1.807, 2.05) is 18.5 Å². The Morgan fingerprint density at radius 2 is 2.15 bits per heavy atom. The third kappa shape index (κ3) is 2.64. The third-order valence-corrected chi connectivity index (χ3v) is 3.79. The van der Waals surface area contributed by atoms with Crippen molar-refractivity contribution in [2.75, 3.05) is 12.0 Å². The molecule has 1 rings (SSSR count). The Balaban J connectivity index is 2.78. The van der Waals surface area contributed by atoms with E-state index in [-0.39, 0.29) is 0 Å². The van der Waals surface area contributed by atoms with Crippen molar-refractivity contribution >= 4 is 26.7 Å². The largest absolute Gasteiger partial charge is 0.268 e. The molecule has 0 aliphatic heterocycles. The predicted octanol–water partition coefficient (Wildman–Crippen LogP) is 1.64. The minimum atomic E-state index is -0.748. The van der Waals surface area contributed by atoms with Gasteiger partial charge in [0.2, 0.25) is 0 Å². The van der Waals surface area contributed by atoms with E-state index in [1.54, 1.807) is 6.26 Å². The van der Waals surface area contributed by atoms with E-state index < -0.39 is 10.8 Å². The maximum Gasteiger partial charge on any atom is 0.0738 e. The molecule has 3 nitrogen and oxygen atoms in total. The number of hydrogen-bond acceptors (Lipinski definition) is 2. The topological polar surface area (TPSA) is 34.9 Å². The first kappa shape index (κ1) is 10.9. The number of aryl methyl sites for hydroxylation is 2. The summed E-state index contributed by atoms with van der Waals surface area (Å²) in [5, 5.41) is 4.32. The van der Waals surface area contributed by atoms with Gasteiger partial charge in [-0.1, -0.05) is 0 Å². The number of halogens is 1. The molecule has 1 unspecified atom stereocenters. The van der Waals surface area contributed by atoms with Gasteiger partial charge in [0, 0.05) is 28.5 Å². The standard InChI is InChI=1S/C8H13BrN2OS/c1-6-8(9)7(2)11(10-6)4-5-13(3)12/h4-5H2,1-3H3. The fraction of sp³-hybridized carbons (Fsp3) is 0.625. The van der Waals surface area contributed by atoms with Gasteiger partial charge in [0.05, 0.1) is 16.7 Å². The molecular formula is C8H13BrN2OS. The molecule has 1 atom stereocenters. The first-order valence-electron chi connectivity index (χ1n) is 4.02. The van der Waals surface area contributed by atoms with Crippen LogP contribution in [0.15, 0.2) is 4.47 Å². The van der Waals surface area contributed by atoms with E-state index in [2.05, 4.69) is 21.0 Å². The van der Waals surface area contributed by atoms with E-state index in [0.29, 0.717) is 5.75 Å². The fourth-order valence-electron chi connectivity index (χ4n) is 1.11. The van der Waals surface area contributed by atoms with Crippen LogP contribution in [-0.4, -0.2) is 26.0 Å². The maximum atomic E-state index is 10.9. The first-order chi connectivity index (χ1) is 6.02. The summed E-state index contributed by atoms with van der Waals surface area (Å²) in [5.74, 6) is 0.661. The van der Waals surface area contributed by atoms with Gasteiger partial charge in [-0.05, 0) is 29.8 Å². The van der Waals surface area contributed by atoms with Crippen molar-refractivity contribution in [2.24, 2.45) is 0 Å². The van der Waals surface area contributed by atoms with Gasteiger partial charge in [-0.15, -0.1) is 0 Å². The highest BCUT2D eigenvalue weighted by Crippen LogP contribution is 2.19. The maximum absolute atomic E-state index is 10.9. The third-order valence-electron chi connectivity index (χ3n) is 1.88. The van der Waals surface area contributed by atoms with Crippen LogP contribution in [0.25, 0.3) is 0 Å². The zero-order valence-corrected chi connectivity index (χ0v) is 10.4. The summed E-state index contributed by atoms with van der Waals surface area (Å²) >= 11 is 3.45. The highest BCUT2D eigenvalue weighted by molar-refractivity contribution is 9.10. The Labute approximate surface area is 89.1 Å². The lowest BCUT2D eigenvalue weighted by molar-refractivity contribution is 0.627. The molecule has 74 valence electrons. The summed E-state index contributed by atoms with van der Waals surface area (Å²) in [6.45, 7) is 4.68. The Kier molecular flexibility index (Phi) is 3.67. The van der Waals surface area contributed by atoms with Gasteiger partial charge >= 0.3 is 0 Å². The van der Waals surface area contributed by atoms with Crippen molar-refractivity contribution < 1.29 is 4.21 Å². The molecule has 0 saturated carbocycles. The second-order valence-electron chi connectivity index (χ2n) is 2.99. The number of rotatable bonds is 3. The molecule has 0 fully saturated rings. The van der Waals surface area contributed by atoms with Crippen molar-refractivity contribution in [3.05, 3.63) is 15.9 Å². The van der Waals surface area contributed by atoms with Crippen LogP contribution in [0.5, 0.6) is 0 Å². The SMILES string of the molecule is Cc1nn(CCS(C)=O)c(C)c1Br. The van der Waals surface area contributed by atoms with Crippen LogP contribution in [0.1, 0.15) is 11.4 Å². The van der Waals surface area contributed by atoms with Crippen LogP contribution in [0.4, 0.5) is 0 Å². The van der Waals surface area contributed by atoms with Crippen LogP contribution in [0, 0.1) is 13.8 Å². The molecule has 0 amide bonds. The van der Waals surface area contributed by atoms with Crippen molar-refractivity contribution in [1.82, 2.24) is 9.78 Å². The number of nitrogens with zero attached hydrogens (tertiary/aromatic N) is 2. The average Bonchev–Trinajstić information content (AvgIpc) is 2.29. The van der Waals surface area contributed by atoms with Gasteiger partial charge in [0.15, 0.2) is 0 Å². The van der Waals surface area contributed by atoms with Gasteiger partial charge in [-0.25, -0.2) is 0 Å². The molecule has 0 aromatic carbocycles. The van der Waals surface area contributed by atoms with E-state index >= 15 is 0 Å². The van der Waals surface area contributed by atoms with Gasteiger partial charge in [0.25, 0.3) is 0 Å². The van der Waals surface area contributed by atoms with Gasteiger partial charge in [-0.2, -0.15) is 5.10 Å². The molecule has 0 spiro atoms. The Hall–Kier alpha value is -0.160. The monoisotopic (exact) mass is 264 g/mol. The zero-order chi connectivity index (χ0) is 10.0. The van der Waals surface area contributed by atoms with Crippen LogP contribution < -0.4 is 0 Å². The molecular weight excluding hydrogens is 252 g/mol. The van der Waals surface area contributed by atoms with Crippen LogP contribution in [0.2, 0.25) is 0 Å². The lowest BCUT2D eigenvalue weighted by atomic mass is 10.4. The smallest absolute Gasteiger partial charge is 0.0738 e. The molecule has 5 heteroatoms. The van der Waals surface area contributed by atoms with E-state index in [0.717, 1.165) is 22.4 Å². The quantitative estimate of drug-likeness (QED) is 0.832. The van der Waals surface area contributed by atoms with Crippen molar-refractivity contribution in [2.45, 2.75) is 20.4 Å². The zero-order valence-electron chi connectivity index (χ0n) is 8.00. The summed E-state index contributed by atoms with van der Waals surface area (Å²) in [5.41, 5.74) is 2.09. The van der Waals surface area contributed by atoms with E-state index in [1.165, 1.54) is 0 Å². The highest BCUT2D eigenvalue weighted by atomic mass is 79.9. The Morgan fingerprint density at radius 1 is 1.54 bits per heavy atom. The van der Waals surface area contributed by atoms with Crippen molar-refractivity contribution in [1.29, 1.82) is 0 Å². The second-order valence-corrected chi connectivity index (χ2v) is 5.33. The summed E-state index contributed by atoms with van der Waals surface area (Å²) < 4.78 is 13.8. The molecule has 0 N–H and O–H groups in total. The normalized spacial score (nSPS) is 13.2. The molecule has 0 radical (unpaired) electrons. The number of aromatic nitrogens is 2. The minimum absolute atomic E-state index is 0.661. The van der Waals surface area contributed by atoms with Gasteiger partial charge in [0.1, 0.15) is 0 Å². The van der Waals surface area contributed by atoms with Crippen LogP contribution in [-0.2, 0) is 17.3 Å². The summed E-state index contributed by atoms with van der Waals surface area (Å²) in [6, 6.07) is 0. The Morgan fingerprint density at radius 3 is 2.54 bits per heavy atom. The van der Waals surface area contributed by atoms with Crippen LogP contribution >= 0.6 is 15.9 Å². The average molecular weight is 265 g/mol. The Bertz CT molecular complexity index is 335. The molecule has 0 aliphatic rings. The summed E-state index contributed by atoms with van der Waals surface area (Å²) in [7, 11) is -0.748. The van der Waals surface area contributed by atoms with Gasteiger partial charge < -0.3 is 0 Å². The van der Waals surface area contributed by atoms with Crippen LogP contribution in [0.3, 0.4) is 0 Å². The van der Waals surface area contributed by atoms with E-state index in [4.69, 9.17) is 0 Å². The first-order valence-corrected chi connectivity index (χ1v) is 6.54. The predicted molar refractivity (Wildman–Crippen MR) is 58.3 cm³/mol. The molecule has 1 heterocycles. The van der Waals surface area contributed by atoms with Crippen molar-refractivity contribution in [3.63, 3.8) is 0 Å². The molecule has 1 aromatic rings. The fourth-order valence-corrected chi connectivity index (χ4v) is 1.82. The molecule has 0 saturated heterocycles. The number of hydrogen-bond donors (Lipinski definition) is 0. The molecule has 0 aliphatic carbocycles. The minimum Gasteiger partial charge on any atom is -0.268 e. The highest BCUT2D eigenvalue weighted by Gasteiger charge is 2.08. The summed E-state index contributed by atoms with van der Waals surface area (Å²) in [6.07, 6.45) is 1.71. The van der Waals surface area contributed by atoms with Crippen molar-refractivity contribution in [3.8, 4) is 0 Å². The summed E-state index contributed by atoms with van der Waals surface area (Å²) in [4.78, 5) is 0. The lowest BCUT2D eigenvalue weighted by Gasteiger charge is -2.01. The van der Waals surface area contributed by atoms with Gasteiger partial charge in [-0.3, -0.25) is 8.89 Å². The van der Waals surface area contributed by atoms with E-state index in [9.17, 15) is 4.21 Å². The molecule has 13 heavy (non-hydrogen) atoms.